The fourth-order valence-electron chi connectivity index (χ4n) is 6.73. The summed E-state index contributed by atoms with van der Waals surface area (Å²) in [5.74, 6) is -0.476. The second-order valence-electron chi connectivity index (χ2n) is 14.1. The molecule has 0 spiro atoms. The van der Waals surface area contributed by atoms with Crippen LogP contribution < -0.4 is 9.47 Å². The minimum Gasteiger partial charge on any atom is -0.481 e. The van der Waals surface area contributed by atoms with Crippen LogP contribution in [0.2, 0.25) is 0 Å². The number of hydrogen-bond acceptors (Lipinski definition) is 6. The average Bonchev–Trinajstić information content (AvgIpc) is 3.58. The van der Waals surface area contributed by atoms with Crippen LogP contribution in [0, 0.1) is 11.3 Å². The maximum absolute atomic E-state index is 13.8. The lowest BCUT2D eigenvalue weighted by Crippen LogP contribution is -2.46. The van der Waals surface area contributed by atoms with Gasteiger partial charge in [-0.1, -0.05) is 33.3 Å². The molecule has 42 heavy (non-hydrogen) atoms. The standard InChI is InChI=1S/C32H50N4O6/c1-7-8-13-33(14-9-16-36(4,5)6)29(38)20-35-19-24(23-10-11-26-27(17-23)42-22-41-26)30(31(39)40)25(35)12-15-34-21-32(2,3)18-28(34)37/h10-11,17,24-25,30H,7-9,12-16,18-22H2,1-6H3/p+1/t24-,25+,30?/m1/s1. The van der Waals surface area contributed by atoms with Gasteiger partial charge in [0.05, 0.1) is 40.2 Å². The largest absolute Gasteiger partial charge is 0.481 e. The van der Waals surface area contributed by atoms with E-state index in [-0.39, 0.29) is 42.5 Å². The van der Waals surface area contributed by atoms with Gasteiger partial charge in [-0.2, -0.15) is 0 Å². The van der Waals surface area contributed by atoms with E-state index in [4.69, 9.17) is 9.47 Å². The molecule has 0 radical (unpaired) electrons. The minimum atomic E-state index is -0.878. The number of aliphatic carboxylic acids is 1. The smallest absolute Gasteiger partial charge is 0.308 e. The molecule has 3 heterocycles. The summed E-state index contributed by atoms with van der Waals surface area (Å²) in [6, 6.07) is 5.26. The van der Waals surface area contributed by atoms with Crippen LogP contribution in [-0.2, 0) is 14.4 Å². The van der Waals surface area contributed by atoms with Gasteiger partial charge in [-0.3, -0.25) is 19.3 Å². The molecule has 0 aliphatic carbocycles. The molecular formula is C32H51N4O6+. The monoisotopic (exact) mass is 587 g/mol. The van der Waals surface area contributed by atoms with Gasteiger partial charge in [0.2, 0.25) is 18.6 Å². The van der Waals surface area contributed by atoms with Crippen LogP contribution in [0.4, 0.5) is 0 Å². The Morgan fingerprint density at radius 3 is 2.48 bits per heavy atom. The van der Waals surface area contributed by atoms with Crippen LogP contribution in [0.25, 0.3) is 0 Å². The number of hydrogen-bond donors (Lipinski definition) is 1. The number of likely N-dealkylation sites (tertiary alicyclic amines) is 2. The number of amides is 2. The Morgan fingerprint density at radius 2 is 1.83 bits per heavy atom. The fraction of sp³-hybridized carbons (Fsp3) is 0.719. The molecule has 2 fully saturated rings. The predicted molar refractivity (Wildman–Crippen MR) is 160 cm³/mol. The summed E-state index contributed by atoms with van der Waals surface area (Å²) in [5.41, 5.74) is 0.783. The molecule has 3 aliphatic heterocycles. The lowest BCUT2D eigenvalue weighted by Gasteiger charge is -2.31. The van der Waals surface area contributed by atoms with Gasteiger partial charge < -0.3 is 28.9 Å². The highest BCUT2D eigenvalue weighted by atomic mass is 16.7. The molecule has 234 valence electrons. The molecule has 1 N–H and O–H groups in total. The molecule has 1 aromatic rings. The molecule has 10 nitrogen and oxygen atoms in total. The number of unbranched alkanes of at least 4 members (excludes halogenated alkanes) is 1. The van der Waals surface area contributed by atoms with E-state index in [1.165, 1.54) is 0 Å². The number of fused-ring (bicyclic) bond motifs is 1. The van der Waals surface area contributed by atoms with Crippen LogP contribution in [0.5, 0.6) is 11.5 Å². The zero-order valence-electron chi connectivity index (χ0n) is 26.4. The van der Waals surface area contributed by atoms with Crippen molar-refractivity contribution in [2.24, 2.45) is 11.3 Å². The van der Waals surface area contributed by atoms with Crippen molar-refractivity contribution in [1.82, 2.24) is 14.7 Å². The van der Waals surface area contributed by atoms with Crippen molar-refractivity contribution in [2.75, 3.05) is 73.7 Å². The summed E-state index contributed by atoms with van der Waals surface area (Å²) in [6.45, 7) is 10.6. The second kappa shape index (κ2) is 13.2. The number of carboxylic acid groups (broad SMARTS) is 1. The SMILES string of the molecule is CCCCN(CCC[N+](C)(C)C)C(=O)CN1C[C@H](c2ccc3c(c2)OCO3)C(C(=O)O)[C@@H]1CCN1CC(C)(C)CC1=O. The summed E-state index contributed by atoms with van der Waals surface area (Å²) in [6.07, 6.45) is 3.85. The van der Waals surface area contributed by atoms with Crippen LogP contribution in [0.3, 0.4) is 0 Å². The van der Waals surface area contributed by atoms with E-state index in [0.717, 1.165) is 35.9 Å². The zero-order chi connectivity index (χ0) is 30.7. The summed E-state index contributed by atoms with van der Waals surface area (Å²) >= 11 is 0. The molecule has 0 saturated carbocycles. The quantitative estimate of drug-likeness (QED) is 0.334. The van der Waals surface area contributed by atoms with Crippen LogP contribution in [-0.4, -0.2) is 122 Å². The molecule has 2 amide bonds. The van der Waals surface area contributed by atoms with Crippen molar-refractivity contribution in [2.45, 2.75) is 64.8 Å². The lowest BCUT2D eigenvalue weighted by atomic mass is 9.84. The fourth-order valence-corrected chi connectivity index (χ4v) is 6.73. The van der Waals surface area contributed by atoms with E-state index in [2.05, 4.69) is 46.8 Å². The van der Waals surface area contributed by atoms with Gasteiger partial charge >= 0.3 is 5.97 Å². The van der Waals surface area contributed by atoms with E-state index in [1.807, 2.05) is 28.0 Å². The molecule has 0 aromatic heterocycles. The first kappa shape index (κ1) is 32.1. The number of carbonyl (C=O) groups is 3. The number of rotatable bonds is 14. The number of benzene rings is 1. The highest BCUT2D eigenvalue weighted by Crippen LogP contribution is 2.43. The van der Waals surface area contributed by atoms with E-state index in [1.54, 1.807) is 0 Å². The van der Waals surface area contributed by atoms with Gasteiger partial charge in [0, 0.05) is 57.5 Å². The average molecular weight is 588 g/mol. The lowest BCUT2D eigenvalue weighted by molar-refractivity contribution is -0.870. The van der Waals surface area contributed by atoms with Crippen molar-refractivity contribution < 1.29 is 33.4 Å². The van der Waals surface area contributed by atoms with Crippen LogP contribution in [0.15, 0.2) is 18.2 Å². The number of quaternary nitrogens is 1. The summed E-state index contributed by atoms with van der Waals surface area (Å²) < 4.78 is 11.9. The zero-order valence-corrected chi connectivity index (χ0v) is 26.4. The van der Waals surface area contributed by atoms with Gasteiger partial charge in [0.25, 0.3) is 0 Å². The molecule has 3 atom stereocenters. The van der Waals surface area contributed by atoms with E-state index in [9.17, 15) is 19.5 Å². The van der Waals surface area contributed by atoms with Crippen molar-refractivity contribution in [3.63, 3.8) is 0 Å². The number of ether oxygens (including phenoxy) is 2. The summed E-state index contributed by atoms with van der Waals surface area (Å²) in [7, 11) is 6.46. The Labute approximate surface area is 251 Å². The van der Waals surface area contributed by atoms with E-state index < -0.39 is 11.9 Å². The van der Waals surface area contributed by atoms with Crippen LogP contribution >= 0.6 is 0 Å². The Balaban J connectivity index is 1.56. The topological polar surface area (TPSA) is 99.6 Å². The van der Waals surface area contributed by atoms with Crippen molar-refractivity contribution in [3.05, 3.63) is 23.8 Å². The van der Waals surface area contributed by atoms with Crippen LogP contribution in [0.1, 0.15) is 64.4 Å². The van der Waals surface area contributed by atoms with E-state index >= 15 is 0 Å². The Kier molecular flexibility index (Phi) is 10.1. The van der Waals surface area contributed by atoms with Crippen molar-refractivity contribution in [1.29, 1.82) is 0 Å². The Hall–Kier alpha value is -2.85. The van der Waals surface area contributed by atoms with E-state index in [0.29, 0.717) is 57.1 Å². The van der Waals surface area contributed by atoms with Gasteiger partial charge in [0.1, 0.15) is 0 Å². The molecule has 10 heteroatoms. The maximum atomic E-state index is 13.8. The molecule has 4 rings (SSSR count). The molecule has 1 unspecified atom stereocenters. The second-order valence-corrected chi connectivity index (χ2v) is 14.1. The molecule has 0 bridgehead atoms. The van der Waals surface area contributed by atoms with Gasteiger partial charge in [-0.05, 0) is 36.0 Å². The first-order chi connectivity index (χ1) is 19.8. The summed E-state index contributed by atoms with van der Waals surface area (Å²) in [4.78, 5) is 45.3. The first-order valence-electron chi connectivity index (χ1n) is 15.5. The number of nitrogens with zero attached hydrogens (tertiary/aromatic N) is 4. The molecule has 2 saturated heterocycles. The Morgan fingerprint density at radius 1 is 1.12 bits per heavy atom. The first-order valence-corrected chi connectivity index (χ1v) is 15.5. The molecule has 3 aliphatic rings. The highest BCUT2D eigenvalue weighted by Gasteiger charge is 2.48. The third-order valence-electron chi connectivity index (χ3n) is 8.88. The third-order valence-corrected chi connectivity index (χ3v) is 8.88. The third kappa shape index (κ3) is 7.95. The molecular weight excluding hydrogens is 536 g/mol. The van der Waals surface area contributed by atoms with Gasteiger partial charge in [-0.15, -0.1) is 0 Å². The number of carboxylic acids is 1. The Bertz CT molecular complexity index is 1130. The normalized spacial score (nSPS) is 23.5. The van der Waals surface area contributed by atoms with Gasteiger partial charge in [0.15, 0.2) is 11.5 Å². The molecule has 1 aromatic carbocycles. The highest BCUT2D eigenvalue weighted by molar-refractivity contribution is 5.80. The van der Waals surface area contributed by atoms with Gasteiger partial charge in [-0.25, -0.2) is 0 Å². The minimum absolute atomic E-state index is 0.0451. The van der Waals surface area contributed by atoms with Crippen molar-refractivity contribution >= 4 is 17.8 Å². The summed E-state index contributed by atoms with van der Waals surface area (Å²) in [5, 5.41) is 10.5. The van der Waals surface area contributed by atoms with Crippen molar-refractivity contribution in [3.8, 4) is 11.5 Å². The maximum Gasteiger partial charge on any atom is 0.308 e. The number of carbonyl (C=O) groups excluding carboxylic acids is 2. The predicted octanol–water partition coefficient (Wildman–Crippen LogP) is 3.26.